The maximum absolute atomic E-state index is 12.7. The van der Waals surface area contributed by atoms with Crippen molar-refractivity contribution in [3.05, 3.63) is 53.1 Å². The topological polar surface area (TPSA) is 67.9 Å². The average Bonchev–Trinajstić information content (AvgIpc) is 2.84. The summed E-state index contributed by atoms with van der Waals surface area (Å²) in [5.41, 5.74) is 3.00. The van der Waals surface area contributed by atoms with E-state index >= 15 is 0 Å². The number of anilines is 1. The minimum atomic E-state index is -0.229. The summed E-state index contributed by atoms with van der Waals surface area (Å²) in [4.78, 5) is 26.7. The number of aryl methyl sites for hydroxylation is 1. The number of benzene rings is 2. The molecule has 0 aromatic heterocycles. The van der Waals surface area contributed by atoms with Crippen LogP contribution in [0.1, 0.15) is 47.7 Å². The minimum absolute atomic E-state index is 0.0255. The molecule has 0 spiro atoms. The third-order valence-electron chi connectivity index (χ3n) is 4.96. The SMILES string of the molecule is CCCCCOc1ccc(CN2C(=O)CNC(=O)c3cc(C)ccc32)cc1OC. The van der Waals surface area contributed by atoms with Crippen LogP contribution in [0.4, 0.5) is 5.69 Å². The molecule has 29 heavy (non-hydrogen) atoms. The summed E-state index contributed by atoms with van der Waals surface area (Å²) < 4.78 is 11.3. The number of nitrogens with zero attached hydrogens (tertiary/aromatic N) is 1. The number of methoxy groups -OCH3 is 1. The molecule has 2 amide bonds. The Labute approximate surface area is 171 Å². The van der Waals surface area contributed by atoms with Crippen LogP contribution in [0.2, 0.25) is 0 Å². The van der Waals surface area contributed by atoms with Crippen LogP contribution < -0.4 is 19.7 Å². The van der Waals surface area contributed by atoms with E-state index in [2.05, 4.69) is 12.2 Å². The Morgan fingerprint density at radius 3 is 2.66 bits per heavy atom. The van der Waals surface area contributed by atoms with E-state index in [4.69, 9.17) is 9.47 Å². The summed E-state index contributed by atoms with van der Waals surface area (Å²) in [5, 5.41) is 2.68. The van der Waals surface area contributed by atoms with Crippen molar-refractivity contribution in [3.63, 3.8) is 0 Å². The number of rotatable bonds is 8. The number of fused-ring (bicyclic) bond motifs is 1. The van der Waals surface area contributed by atoms with Gasteiger partial charge in [-0.1, -0.05) is 37.5 Å². The van der Waals surface area contributed by atoms with E-state index < -0.39 is 0 Å². The van der Waals surface area contributed by atoms with Crippen LogP contribution in [0.3, 0.4) is 0 Å². The molecule has 154 valence electrons. The second kappa shape index (κ2) is 9.45. The molecule has 2 aromatic carbocycles. The summed E-state index contributed by atoms with van der Waals surface area (Å²) >= 11 is 0. The summed E-state index contributed by atoms with van der Waals surface area (Å²) in [6.45, 7) is 5.05. The van der Waals surface area contributed by atoms with E-state index in [9.17, 15) is 9.59 Å². The van der Waals surface area contributed by atoms with Crippen molar-refractivity contribution in [2.75, 3.05) is 25.2 Å². The van der Waals surface area contributed by atoms with Gasteiger partial charge in [-0.15, -0.1) is 0 Å². The molecule has 0 saturated carbocycles. The Kier molecular flexibility index (Phi) is 6.75. The van der Waals surface area contributed by atoms with Gasteiger partial charge in [0.2, 0.25) is 5.91 Å². The van der Waals surface area contributed by atoms with Gasteiger partial charge in [0.05, 0.1) is 38.1 Å². The molecule has 0 fully saturated rings. The van der Waals surface area contributed by atoms with E-state index in [0.717, 1.165) is 30.4 Å². The fourth-order valence-corrected chi connectivity index (χ4v) is 3.37. The highest BCUT2D eigenvalue weighted by molar-refractivity contribution is 6.09. The smallest absolute Gasteiger partial charge is 0.253 e. The normalized spacial score (nSPS) is 13.6. The summed E-state index contributed by atoms with van der Waals surface area (Å²) in [7, 11) is 1.61. The second-order valence-electron chi connectivity index (χ2n) is 7.22. The van der Waals surface area contributed by atoms with Crippen LogP contribution >= 0.6 is 0 Å². The zero-order chi connectivity index (χ0) is 20.8. The van der Waals surface area contributed by atoms with Crippen molar-refractivity contribution >= 4 is 17.5 Å². The zero-order valence-electron chi connectivity index (χ0n) is 17.3. The highest BCUT2D eigenvalue weighted by atomic mass is 16.5. The van der Waals surface area contributed by atoms with Crippen LogP contribution in [0, 0.1) is 6.92 Å². The lowest BCUT2D eigenvalue weighted by Gasteiger charge is -2.23. The molecule has 3 rings (SSSR count). The first kappa shape index (κ1) is 20.7. The van der Waals surface area contributed by atoms with E-state index in [0.29, 0.717) is 35.9 Å². The number of unbranched alkanes of at least 4 members (excludes halogenated alkanes) is 2. The lowest BCUT2D eigenvalue weighted by molar-refractivity contribution is -0.117. The Morgan fingerprint density at radius 1 is 1.07 bits per heavy atom. The van der Waals surface area contributed by atoms with Gasteiger partial charge in [0, 0.05) is 0 Å². The molecule has 0 saturated heterocycles. The first-order valence-electron chi connectivity index (χ1n) is 10.0. The van der Waals surface area contributed by atoms with Crippen molar-refractivity contribution < 1.29 is 19.1 Å². The highest BCUT2D eigenvalue weighted by Gasteiger charge is 2.26. The second-order valence-corrected chi connectivity index (χ2v) is 7.22. The van der Waals surface area contributed by atoms with Gasteiger partial charge in [0.15, 0.2) is 11.5 Å². The quantitative estimate of drug-likeness (QED) is 0.688. The van der Waals surface area contributed by atoms with Gasteiger partial charge in [-0.2, -0.15) is 0 Å². The van der Waals surface area contributed by atoms with Crippen molar-refractivity contribution in [2.24, 2.45) is 0 Å². The maximum Gasteiger partial charge on any atom is 0.253 e. The van der Waals surface area contributed by atoms with Gasteiger partial charge in [0.1, 0.15) is 0 Å². The van der Waals surface area contributed by atoms with Crippen LogP contribution in [0.25, 0.3) is 0 Å². The fourth-order valence-electron chi connectivity index (χ4n) is 3.37. The lowest BCUT2D eigenvalue weighted by atomic mass is 10.1. The Bertz CT molecular complexity index is 894. The van der Waals surface area contributed by atoms with Gasteiger partial charge in [-0.3, -0.25) is 9.59 Å². The van der Waals surface area contributed by atoms with Crippen molar-refractivity contribution in [1.82, 2.24) is 5.32 Å². The van der Waals surface area contributed by atoms with Gasteiger partial charge in [0.25, 0.3) is 5.91 Å². The zero-order valence-corrected chi connectivity index (χ0v) is 17.3. The van der Waals surface area contributed by atoms with Crippen molar-refractivity contribution in [2.45, 2.75) is 39.7 Å². The molecule has 0 aliphatic carbocycles. The Morgan fingerprint density at radius 2 is 1.90 bits per heavy atom. The molecule has 0 unspecified atom stereocenters. The highest BCUT2D eigenvalue weighted by Crippen LogP contribution is 2.31. The fraction of sp³-hybridized carbons (Fsp3) is 0.391. The van der Waals surface area contributed by atoms with Crippen LogP contribution in [-0.4, -0.2) is 32.1 Å². The molecule has 6 nitrogen and oxygen atoms in total. The molecular weight excluding hydrogens is 368 g/mol. The van der Waals surface area contributed by atoms with Gasteiger partial charge in [-0.25, -0.2) is 0 Å². The lowest BCUT2D eigenvalue weighted by Crippen LogP contribution is -2.36. The van der Waals surface area contributed by atoms with Gasteiger partial charge >= 0.3 is 0 Å². The molecule has 0 atom stereocenters. The third-order valence-corrected chi connectivity index (χ3v) is 4.96. The van der Waals surface area contributed by atoms with E-state index in [1.54, 1.807) is 12.0 Å². The van der Waals surface area contributed by atoms with Crippen LogP contribution in [-0.2, 0) is 11.3 Å². The number of hydrogen-bond donors (Lipinski definition) is 1. The molecule has 1 aliphatic rings. The third kappa shape index (κ3) is 4.88. The summed E-state index contributed by atoms with van der Waals surface area (Å²) in [6.07, 6.45) is 3.27. The van der Waals surface area contributed by atoms with Gasteiger partial charge < -0.3 is 19.7 Å². The standard InChI is InChI=1S/C23H28N2O4/c1-4-5-6-11-29-20-10-8-17(13-21(20)28-3)15-25-19-9-7-16(2)12-18(19)23(27)24-14-22(25)26/h7-10,12-13H,4-6,11,14-15H2,1-3H3,(H,24,27). The largest absolute Gasteiger partial charge is 0.493 e. The molecule has 1 heterocycles. The average molecular weight is 396 g/mol. The number of carbonyl (C=O) groups excluding carboxylic acids is 2. The molecule has 0 bridgehead atoms. The molecule has 1 N–H and O–H groups in total. The van der Waals surface area contributed by atoms with Crippen molar-refractivity contribution in [1.29, 1.82) is 0 Å². The summed E-state index contributed by atoms with van der Waals surface area (Å²) in [5.74, 6) is 0.954. The molecule has 6 heteroatoms. The van der Waals surface area contributed by atoms with Crippen molar-refractivity contribution in [3.8, 4) is 11.5 Å². The first-order chi connectivity index (χ1) is 14.0. The number of hydrogen-bond acceptors (Lipinski definition) is 4. The monoisotopic (exact) mass is 396 g/mol. The molecular formula is C23H28N2O4. The van der Waals surface area contributed by atoms with Crippen LogP contribution in [0.5, 0.6) is 11.5 Å². The van der Waals surface area contributed by atoms with E-state index in [-0.39, 0.29) is 18.4 Å². The number of carbonyl (C=O) groups is 2. The predicted molar refractivity (Wildman–Crippen MR) is 113 cm³/mol. The minimum Gasteiger partial charge on any atom is -0.493 e. The number of amides is 2. The summed E-state index contributed by atoms with van der Waals surface area (Å²) in [6, 6.07) is 11.2. The van der Waals surface area contributed by atoms with Crippen LogP contribution in [0.15, 0.2) is 36.4 Å². The predicted octanol–water partition coefficient (Wildman–Crippen LogP) is 3.85. The number of ether oxygens (including phenoxy) is 2. The van der Waals surface area contributed by atoms with E-state index in [1.165, 1.54) is 0 Å². The van der Waals surface area contributed by atoms with E-state index in [1.807, 2.05) is 43.3 Å². The Balaban J connectivity index is 1.84. The molecule has 0 radical (unpaired) electrons. The molecule has 2 aromatic rings. The first-order valence-corrected chi connectivity index (χ1v) is 10.0. The van der Waals surface area contributed by atoms with Gasteiger partial charge in [-0.05, 0) is 43.2 Å². The molecule has 1 aliphatic heterocycles. The maximum atomic E-state index is 12.7. The number of nitrogens with one attached hydrogen (secondary N) is 1. The Hall–Kier alpha value is -3.02.